The Kier molecular flexibility index (Phi) is 4.26. The number of aryl methyl sites for hydroxylation is 1. The van der Waals surface area contributed by atoms with Crippen LogP contribution in [0.15, 0.2) is 33.5 Å². The quantitative estimate of drug-likeness (QED) is 0.862. The lowest BCUT2D eigenvalue weighted by Gasteiger charge is -2.17. The van der Waals surface area contributed by atoms with Gasteiger partial charge in [0.1, 0.15) is 5.58 Å². The molecule has 4 rings (SSSR count). The van der Waals surface area contributed by atoms with Gasteiger partial charge in [-0.15, -0.1) is 12.4 Å². The molecule has 5 heteroatoms. The molecule has 2 fully saturated rings. The van der Waals surface area contributed by atoms with Crippen LogP contribution in [-0.2, 0) is 6.54 Å². The monoisotopic (exact) mass is 320 g/mol. The van der Waals surface area contributed by atoms with Crippen LogP contribution < -0.4 is 10.9 Å². The summed E-state index contributed by atoms with van der Waals surface area (Å²) in [6.07, 6.45) is 0. The lowest BCUT2D eigenvalue weighted by atomic mass is 10.0. The van der Waals surface area contributed by atoms with Crippen LogP contribution in [0.5, 0.6) is 0 Å². The molecule has 1 aromatic carbocycles. The Balaban J connectivity index is 0.00000144. The van der Waals surface area contributed by atoms with E-state index in [1.807, 2.05) is 13.0 Å². The van der Waals surface area contributed by atoms with Gasteiger partial charge in [-0.3, -0.25) is 4.90 Å². The molecule has 3 heterocycles. The highest BCUT2D eigenvalue weighted by atomic mass is 35.5. The maximum absolute atomic E-state index is 11.8. The second-order valence-electron chi connectivity index (χ2n) is 6.46. The first-order chi connectivity index (χ1) is 10.2. The standard InChI is InChI=1S/C17H20N2O2.ClH/c1-11-2-3-15-12(5-17(20)21-16(15)4-11)8-19-9-13-6-18-7-14(13)10-19;/h2-5,13-14,18H,6-10H2,1H3;1H/t13-,14+;. The zero-order valence-corrected chi connectivity index (χ0v) is 13.5. The number of hydrogen-bond donors (Lipinski definition) is 1. The van der Waals surface area contributed by atoms with Gasteiger partial charge in [0.25, 0.3) is 0 Å². The predicted molar refractivity (Wildman–Crippen MR) is 89.6 cm³/mol. The van der Waals surface area contributed by atoms with E-state index < -0.39 is 0 Å². The van der Waals surface area contributed by atoms with Gasteiger partial charge in [0.05, 0.1) is 0 Å². The first-order valence-electron chi connectivity index (χ1n) is 7.65. The summed E-state index contributed by atoms with van der Waals surface area (Å²) in [5.41, 5.74) is 2.67. The van der Waals surface area contributed by atoms with E-state index in [2.05, 4.69) is 22.3 Å². The fourth-order valence-electron chi connectivity index (χ4n) is 3.79. The third-order valence-electron chi connectivity index (χ3n) is 4.84. The molecule has 2 aromatic rings. The van der Waals surface area contributed by atoms with Crippen molar-refractivity contribution in [2.45, 2.75) is 13.5 Å². The SMILES string of the molecule is Cc1ccc2c(CN3C[C@H]4CNC[C@H]4C3)cc(=O)oc2c1.Cl. The smallest absolute Gasteiger partial charge is 0.336 e. The summed E-state index contributed by atoms with van der Waals surface area (Å²) in [5, 5.41) is 4.53. The van der Waals surface area contributed by atoms with Crippen molar-refractivity contribution in [3.63, 3.8) is 0 Å². The molecule has 4 nitrogen and oxygen atoms in total. The average molecular weight is 321 g/mol. The molecule has 118 valence electrons. The zero-order valence-electron chi connectivity index (χ0n) is 12.7. The van der Waals surface area contributed by atoms with E-state index in [4.69, 9.17) is 4.42 Å². The third-order valence-corrected chi connectivity index (χ3v) is 4.84. The molecular formula is C17H21ClN2O2. The molecule has 2 saturated heterocycles. The number of rotatable bonds is 2. The summed E-state index contributed by atoms with van der Waals surface area (Å²) in [6, 6.07) is 7.75. The Morgan fingerprint density at radius 2 is 1.95 bits per heavy atom. The van der Waals surface area contributed by atoms with Crippen molar-refractivity contribution in [2.24, 2.45) is 11.8 Å². The summed E-state index contributed by atoms with van der Waals surface area (Å²) in [7, 11) is 0. The van der Waals surface area contributed by atoms with Crippen LogP contribution in [0.1, 0.15) is 11.1 Å². The van der Waals surface area contributed by atoms with Crippen molar-refractivity contribution in [1.82, 2.24) is 10.2 Å². The normalized spacial score (nSPS) is 24.4. The molecule has 2 atom stereocenters. The zero-order chi connectivity index (χ0) is 14.4. The number of nitrogens with one attached hydrogen (secondary N) is 1. The minimum atomic E-state index is -0.246. The number of fused-ring (bicyclic) bond motifs is 2. The molecule has 22 heavy (non-hydrogen) atoms. The molecule has 0 amide bonds. The Morgan fingerprint density at radius 3 is 2.68 bits per heavy atom. The van der Waals surface area contributed by atoms with Crippen LogP contribution in [0.2, 0.25) is 0 Å². The molecule has 0 saturated carbocycles. The molecule has 0 aliphatic carbocycles. The lowest BCUT2D eigenvalue weighted by Crippen LogP contribution is -2.25. The van der Waals surface area contributed by atoms with Crippen molar-refractivity contribution >= 4 is 23.4 Å². The number of halogens is 1. The summed E-state index contributed by atoms with van der Waals surface area (Å²) >= 11 is 0. The van der Waals surface area contributed by atoms with Gasteiger partial charge in [-0.05, 0) is 49.0 Å². The van der Waals surface area contributed by atoms with Crippen molar-refractivity contribution < 1.29 is 4.42 Å². The molecule has 0 radical (unpaired) electrons. The van der Waals surface area contributed by atoms with Gasteiger partial charge < -0.3 is 9.73 Å². The van der Waals surface area contributed by atoms with Crippen molar-refractivity contribution in [1.29, 1.82) is 0 Å². The third kappa shape index (κ3) is 2.78. The molecule has 1 N–H and O–H groups in total. The van der Waals surface area contributed by atoms with Gasteiger partial charge in [0, 0.05) is 31.1 Å². The van der Waals surface area contributed by atoms with Crippen molar-refractivity contribution in [2.75, 3.05) is 26.2 Å². The van der Waals surface area contributed by atoms with Gasteiger partial charge >= 0.3 is 5.63 Å². The minimum absolute atomic E-state index is 0. The molecule has 0 bridgehead atoms. The van der Waals surface area contributed by atoms with Crippen LogP contribution in [0.25, 0.3) is 11.0 Å². The van der Waals surface area contributed by atoms with E-state index in [-0.39, 0.29) is 18.0 Å². The van der Waals surface area contributed by atoms with Crippen LogP contribution >= 0.6 is 12.4 Å². The Labute approximate surface area is 135 Å². The number of nitrogens with zero attached hydrogens (tertiary/aromatic N) is 1. The van der Waals surface area contributed by atoms with Gasteiger partial charge in [-0.25, -0.2) is 4.79 Å². The second kappa shape index (κ2) is 6.03. The summed E-state index contributed by atoms with van der Waals surface area (Å²) in [5.74, 6) is 1.55. The molecule has 1 aromatic heterocycles. The van der Waals surface area contributed by atoms with E-state index in [0.29, 0.717) is 5.58 Å². The van der Waals surface area contributed by atoms with Crippen LogP contribution in [0, 0.1) is 18.8 Å². The summed E-state index contributed by atoms with van der Waals surface area (Å²) in [4.78, 5) is 14.3. The second-order valence-corrected chi connectivity index (χ2v) is 6.46. The van der Waals surface area contributed by atoms with Gasteiger partial charge in [-0.1, -0.05) is 12.1 Å². The van der Waals surface area contributed by atoms with E-state index in [1.54, 1.807) is 6.07 Å². The number of hydrogen-bond acceptors (Lipinski definition) is 4. The fourth-order valence-corrected chi connectivity index (χ4v) is 3.79. The van der Waals surface area contributed by atoms with E-state index in [9.17, 15) is 4.79 Å². The van der Waals surface area contributed by atoms with Gasteiger partial charge in [0.2, 0.25) is 0 Å². The Bertz CT molecular complexity index is 731. The van der Waals surface area contributed by atoms with E-state index in [0.717, 1.165) is 61.1 Å². The van der Waals surface area contributed by atoms with Gasteiger partial charge in [0.15, 0.2) is 0 Å². The first-order valence-corrected chi connectivity index (χ1v) is 7.65. The molecule has 0 unspecified atom stereocenters. The Morgan fingerprint density at radius 1 is 1.23 bits per heavy atom. The maximum Gasteiger partial charge on any atom is 0.336 e. The molecule has 2 aliphatic rings. The van der Waals surface area contributed by atoms with Crippen molar-refractivity contribution in [3.8, 4) is 0 Å². The average Bonchev–Trinajstić information content (AvgIpc) is 2.98. The largest absolute Gasteiger partial charge is 0.423 e. The predicted octanol–water partition coefficient (Wildman–Crippen LogP) is 2.17. The first kappa shape index (κ1) is 15.5. The molecule has 2 aliphatic heterocycles. The highest BCUT2D eigenvalue weighted by molar-refractivity contribution is 5.85. The lowest BCUT2D eigenvalue weighted by molar-refractivity contribution is 0.306. The van der Waals surface area contributed by atoms with E-state index in [1.165, 1.54) is 0 Å². The Hall–Kier alpha value is -1.36. The van der Waals surface area contributed by atoms with Crippen LogP contribution in [0.3, 0.4) is 0 Å². The fraction of sp³-hybridized carbons (Fsp3) is 0.471. The van der Waals surface area contributed by atoms with Crippen LogP contribution in [0.4, 0.5) is 0 Å². The summed E-state index contributed by atoms with van der Waals surface area (Å²) in [6.45, 7) is 7.39. The topological polar surface area (TPSA) is 45.5 Å². The minimum Gasteiger partial charge on any atom is -0.423 e. The summed E-state index contributed by atoms with van der Waals surface area (Å²) < 4.78 is 5.34. The molecular weight excluding hydrogens is 300 g/mol. The highest BCUT2D eigenvalue weighted by Gasteiger charge is 2.35. The van der Waals surface area contributed by atoms with Gasteiger partial charge in [-0.2, -0.15) is 0 Å². The number of benzene rings is 1. The number of likely N-dealkylation sites (tertiary alicyclic amines) is 1. The van der Waals surface area contributed by atoms with E-state index >= 15 is 0 Å². The van der Waals surface area contributed by atoms with Crippen LogP contribution in [-0.4, -0.2) is 31.1 Å². The maximum atomic E-state index is 11.8. The highest BCUT2D eigenvalue weighted by Crippen LogP contribution is 2.28. The van der Waals surface area contributed by atoms with Crippen molar-refractivity contribution in [3.05, 3.63) is 45.8 Å². The molecule has 0 spiro atoms.